The van der Waals surface area contributed by atoms with Gasteiger partial charge >= 0.3 is 0 Å². The molecule has 0 bridgehead atoms. The van der Waals surface area contributed by atoms with E-state index in [1.807, 2.05) is 6.20 Å². The topological polar surface area (TPSA) is 61.8 Å². The van der Waals surface area contributed by atoms with Gasteiger partial charge in [0.15, 0.2) is 5.96 Å². The fraction of sp³-hybridized carbons (Fsp3) is 0.714. The summed E-state index contributed by atoms with van der Waals surface area (Å²) >= 11 is 0. The molecule has 0 amide bonds. The fourth-order valence-electron chi connectivity index (χ4n) is 3.33. The van der Waals surface area contributed by atoms with Crippen LogP contribution in [-0.2, 0) is 11.3 Å². The first-order valence-electron chi connectivity index (χ1n) is 10.5. The van der Waals surface area contributed by atoms with Crippen molar-refractivity contribution in [2.45, 2.75) is 72.1 Å². The van der Waals surface area contributed by atoms with Gasteiger partial charge in [-0.25, -0.2) is 9.98 Å². The molecule has 7 heteroatoms. The summed E-state index contributed by atoms with van der Waals surface area (Å²) in [7, 11) is 0. The summed E-state index contributed by atoms with van der Waals surface area (Å²) in [6, 6.07) is 4.22. The molecule has 1 aromatic rings. The van der Waals surface area contributed by atoms with Crippen molar-refractivity contribution >= 4 is 35.8 Å². The highest BCUT2D eigenvalue weighted by atomic mass is 127. The van der Waals surface area contributed by atoms with Crippen LogP contribution in [0.15, 0.2) is 23.3 Å². The van der Waals surface area contributed by atoms with Crippen LogP contribution in [0.1, 0.15) is 58.9 Å². The normalized spacial score (nSPS) is 19.9. The molecular weight excluding hydrogens is 465 g/mol. The summed E-state index contributed by atoms with van der Waals surface area (Å²) in [6.07, 6.45) is 7.44. The largest absolute Gasteiger partial charge is 0.372 e. The summed E-state index contributed by atoms with van der Waals surface area (Å²) in [4.78, 5) is 11.6. The molecule has 2 rings (SSSR count). The number of nitrogens with one attached hydrogen (secondary N) is 2. The predicted octanol–water partition coefficient (Wildman–Crippen LogP) is 3.95. The zero-order valence-electron chi connectivity index (χ0n) is 17.9. The molecule has 1 aliphatic heterocycles. The summed E-state index contributed by atoms with van der Waals surface area (Å²) in [5, 5.41) is 6.73. The van der Waals surface area contributed by atoms with Crippen LogP contribution in [0.3, 0.4) is 0 Å². The minimum absolute atomic E-state index is 0. The second-order valence-electron chi connectivity index (χ2n) is 7.37. The number of ether oxygens (including phenoxy) is 1. The van der Waals surface area contributed by atoms with Crippen molar-refractivity contribution in [2.75, 3.05) is 31.1 Å². The highest BCUT2D eigenvalue weighted by Crippen LogP contribution is 2.18. The smallest absolute Gasteiger partial charge is 0.191 e. The van der Waals surface area contributed by atoms with Crippen molar-refractivity contribution in [3.05, 3.63) is 23.9 Å². The summed E-state index contributed by atoms with van der Waals surface area (Å²) in [5.74, 6) is 1.90. The number of hydrogen-bond acceptors (Lipinski definition) is 4. The van der Waals surface area contributed by atoms with Crippen molar-refractivity contribution in [3.8, 4) is 0 Å². The minimum Gasteiger partial charge on any atom is -0.372 e. The lowest BCUT2D eigenvalue weighted by Gasteiger charge is -2.36. The molecule has 2 heterocycles. The lowest BCUT2D eigenvalue weighted by atomic mass is 10.2. The quantitative estimate of drug-likeness (QED) is 0.231. The second-order valence-corrected chi connectivity index (χ2v) is 7.37. The number of guanidine groups is 1. The number of aliphatic imine (C=N–C) groups is 1. The summed E-state index contributed by atoms with van der Waals surface area (Å²) in [5.41, 5.74) is 1.12. The van der Waals surface area contributed by atoms with Gasteiger partial charge in [0.1, 0.15) is 5.82 Å². The van der Waals surface area contributed by atoms with Gasteiger partial charge < -0.3 is 20.3 Å². The maximum Gasteiger partial charge on any atom is 0.191 e. The zero-order valence-corrected chi connectivity index (χ0v) is 20.2. The lowest BCUT2D eigenvalue weighted by Crippen LogP contribution is -2.45. The molecule has 2 atom stereocenters. The standard InChI is InChI=1S/C21H37N5O.HI/c1-5-7-8-9-12-23-21(22-6-2)25-14-19-10-11-20(24-13-19)26-15-17(3)27-18(4)16-26;/h10-11,13,17-18H,5-9,12,14-16H2,1-4H3,(H2,22,23,25);1H. The van der Waals surface area contributed by atoms with Gasteiger partial charge in [0.2, 0.25) is 0 Å². The van der Waals surface area contributed by atoms with Gasteiger partial charge in [-0.05, 0) is 38.8 Å². The van der Waals surface area contributed by atoms with E-state index in [-0.39, 0.29) is 36.2 Å². The van der Waals surface area contributed by atoms with Crippen LogP contribution in [0, 0.1) is 0 Å². The monoisotopic (exact) mass is 503 g/mol. The Morgan fingerprint density at radius 3 is 2.50 bits per heavy atom. The highest BCUT2D eigenvalue weighted by molar-refractivity contribution is 14.0. The number of nitrogens with zero attached hydrogens (tertiary/aromatic N) is 3. The first kappa shape index (κ1) is 24.9. The van der Waals surface area contributed by atoms with E-state index >= 15 is 0 Å². The Labute approximate surface area is 187 Å². The Bertz CT molecular complexity index is 556. The van der Waals surface area contributed by atoms with Gasteiger partial charge in [-0.1, -0.05) is 32.3 Å². The number of pyridine rings is 1. The van der Waals surface area contributed by atoms with Crippen LogP contribution < -0.4 is 15.5 Å². The van der Waals surface area contributed by atoms with Crippen molar-refractivity contribution in [1.82, 2.24) is 15.6 Å². The Morgan fingerprint density at radius 2 is 1.89 bits per heavy atom. The molecule has 6 nitrogen and oxygen atoms in total. The third-order valence-electron chi connectivity index (χ3n) is 4.64. The Morgan fingerprint density at radius 1 is 1.14 bits per heavy atom. The molecule has 1 aromatic heterocycles. The number of aromatic nitrogens is 1. The number of hydrogen-bond donors (Lipinski definition) is 2. The maximum absolute atomic E-state index is 5.80. The Hall–Kier alpha value is -1.09. The van der Waals surface area contributed by atoms with Crippen LogP contribution >= 0.6 is 24.0 Å². The van der Waals surface area contributed by atoms with E-state index in [9.17, 15) is 0 Å². The van der Waals surface area contributed by atoms with Gasteiger partial charge in [-0.3, -0.25) is 0 Å². The SMILES string of the molecule is CCCCCCNC(=NCc1ccc(N2CC(C)OC(C)C2)nc1)NCC.I. The third kappa shape index (κ3) is 8.94. The summed E-state index contributed by atoms with van der Waals surface area (Å²) in [6.45, 7) is 12.8. The first-order valence-corrected chi connectivity index (χ1v) is 10.5. The Balaban J connectivity index is 0.00000392. The van der Waals surface area contributed by atoms with Gasteiger partial charge in [0.25, 0.3) is 0 Å². The van der Waals surface area contributed by atoms with E-state index < -0.39 is 0 Å². The zero-order chi connectivity index (χ0) is 19.5. The third-order valence-corrected chi connectivity index (χ3v) is 4.64. The molecule has 0 radical (unpaired) electrons. The molecule has 160 valence electrons. The van der Waals surface area contributed by atoms with E-state index in [0.717, 1.165) is 43.5 Å². The van der Waals surface area contributed by atoms with Crippen LogP contribution in [0.25, 0.3) is 0 Å². The highest BCUT2D eigenvalue weighted by Gasteiger charge is 2.22. The van der Waals surface area contributed by atoms with Crippen LogP contribution in [0.4, 0.5) is 5.82 Å². The maximum atomic E-state index is 5.80. The fourth-order valence-corrected chi connectivity index (χ4v) is 3.33. The van der Waals surface area contributed by atoms with Gasteiger partial charge in [0, 0.05) is 32.4 Å². The second kappa shape index (κ2) is 14.0. The van der Waals surface area contributed by atoms with E-state index in [4.69, 9.17) is 4.74 Å². The van der Waals surface area contributed by atoms with Crippen molar-refractivity contribution in [3.63, 3.8) is 0 Å². The Kier molecular flexibility index (Phi) is 12.5. The number of unbranched alkanes of at least 4 members (excludes halogenated alkanes) is 3. The molecule has 1 aliphatic rings. The predicted molar refractivity (Wildman–Crippen MR) is 129 cm³/mol. The molecule has 0 saturated carbocycles. The van der Waals surface area contributed by atoms with E-state index in [1.165, 1.54) is 25.7 Å². The molecule has 28 heavy (non-hydrogen) atoms. The molecule has 2 unspecified atom stereocenters. The van der Waals surface area contributed by atoms with Crippen LogP contribution in [0.2, 0.25) is 0 Å². The number of rotatable bonds is 9. The van der Waals surface area contributed by atoms with Crippen molar-refractivity contribution < 1.29 is 4.74 Å². The average Bonchev–Trinajstić information content (AvgIpc) is 2.65. The molecule has 2 N–H and O–H groups in total. The van der Waals surface area contributed by atoms with Gasteiger partial charge in [-0.15, -0.1) is 24.0 Å². The number of anilines is 1. The lowest BCUT2D eigenvalue weighted by molar-refractivity contribution is -0.00545. The van der Waals surface area contributed by atoms with Gasteiger partial charge in [0.05, 0.1) is 18.8 Å². The van der Waals surface area contributed by atoms with E-state index in [2.05, 4.69) is 65.3 Å². The average molecular weight is 503 g/mol. The number of morpholine rings is 1. The van der Waals surface area contributed by atoms with E-state index in [0.29, 0.717) is 6.54 Å². The van der Waals surface area contributed by atoms with Crippen LogP contribution in [-0.4, -0.2) is 49.3 Å². The molecule has 0 aromatic carbocycles. The molecule has 1 saturated heterocycles. The molecule has 0 aliphatic carbocycles. The summed E-state index contributed by atoms with van der Waals surface area (Å²) < 4.78 is 5.80. The van der Waals surface area contributed by atoms with Crippen molar-refractivity contribution in [1.29, 1.82) is 0 Å². The molecule has 1 fully saturated rings. The number of halogens is 1. The molecule has 0 spiro atoms. The first-order chi connectivity index (χ1) is 13.1. The van der Waals surface area contributed by atoms with Crippen LogP contribution in [0.5, 0.6) is 0 Å². The molecular formula is C21H38IN5O. The van der Waals surface area contributed by atoms with Gasteiger partial charge in [-0.2, -0.15) is 0 Å². The minimum atomic E-state index is 0. The van der Waals surface area contributed by atoms with E-state index in [1.54, 1.807) is 0 Å². The van der Waals surface area contributed by atoms with Crippen molar-refractivity contribution in [2.24, 2.45) is 4.99 Å².